The quantitative estimate of drug-likeness (QED) is 0.850. The van der Waals surface area contributed by atoms with E-state index >= 15 is 0 Å². The van der Waals surface area contributed by atoms with E-state index in [2.05, 4.69) is 20.0 Å². The van der Waals surface area contributed by atoms with Gasteiger partial charge in [0.05, 0.1) is 7.11 Å². The Labute approximate surface area is 111 Å². The molecule has 0 unspecified atom stereocenters. The van der Waals surface area contributed by atoms with Crippen molar-refractivity contribution in [1.82, 2.24) is 9.97 Å². The molecule has 2 aromatic rings. The smallest absolute Gasteiger partial charge is 0.356 e. The van der Waals surface area contributed by atoms with Gasteiger partial charge in [0.25, 0.3) is 0 Å². The summed E-state index contributed by atoms with van der Waals surface area (Å²) in [6.45, 7) is 2.68. The summed E-state index contributed by atoms with van der Waals surface area (Å²) in [6.07, 6.45) is 5.16. The lowest BCUT2D eigenvalue weighted by molar-refractivity contribution is 0.0594. The number of pyridine rings is 2. The van der Waals surface area contributed by atoms with Crippen LogP contribution in [0.2, 0.25) is 0 Å². The third kappa shape index (κ3) is 3.28. The lowest BCUT2D eigenvalue weighted by Crippen LogP contribution is -2.06. The number of esters is 1. The Morgan fingerprint density at radius 1 is 1.37 bits per heavy atom. The summed E-state index contributed by atoms with van der Waals surface area (Å²) in [5.74, 6) is -0.443. The second-order valence-corrected chi connectivity index (χ2v) is 4.08. The monoisotopic (exact) mass is 257 g/mol. The Kier molecular flexibility index (Phi) is 4.07. The molecule has 5 heteroatoms. The average molecular weight is 257 g/mol. The van der Waals surface area contributed by atoms with Crippen LogP contribution < -0.4 is 5.32 Å². The minimum Gasteiger partial charge on any atom is -0.464 e. The van der Waals surface area contributed by atoms with Gasteiger partial charge < -0.3 is 10.1 Å². The molecule has 0 spiro atoms. The molecule has 0 saturated heterocycles. The first kappa shape index (κ1) is 13.0. The molecule has 98 valence electrons. The van der Waals surface area contributed by atoms with Gasteiger partial charge in [-0.15, -0.1) is 0 Å². The highest BCUT2D eigenvalue weighted by Crippen LogP contribution is 2.12. The van der Waals surface area contributed by atoms with Gasteiger partial charge in [-0.2, -0.15) is 0 Å². The number of anilines is 1. The van der Waals surface area contributed by atoms with Crippen LogP contribution in [0.3, 0.4) is 0 Å². The molecule has 2 rings (SSSR count). The van der Waals surface area contributed by atoms with Crippen LogP contribution in [0.1, 0.15) is 21.6 Å². The zero-order chi connectivity index (χ0) is 13.7. The van der Waals surface area contributed by atoms with Crippen molar-refractivity contribution in [3.63, 3.8) is 0 Å². The summed E-state index contributed by atoms with van der Waals surface area (Å²) in [4.78, 5) is 19.4. The average Bonchev–Trinajstić information content (AvgIpc) is 2.46. The summed E-state index contributed by atoms with van der Waals surface area (Å²) in [5.41, 5.74) is 3.39. The standard InChI is InChI=1S/C14H15N3O2/c1-10-3-5-15-8-11(10)9-17-12-4-6-16-13(7-12)14(18)19-2/h3-8H,9H2,1-2H3,(H,16,17). The summed E-state index contributed by atoms with van der Waals surface area (Å²) in [7, 11) is 1.34. The Morgan fingerprint density at radius 3 is 2.95 bits per heavy atom. The van der Waals surface area contributed by atoms with E-state index in [0.29, 0.717) is 6.54 Å². The fourth-order valence-corrected chi connectivity index (χ4v) is 1.64. The molecule has 0 amide bonds. The number of hydrogen-bond acceptors (Lipinski definition) is 5. The van der Waals surface area contributed by atoms with E-state index in [4.69, 9.17) is 0 Å². The molecule has 0 atom stereocenters. The van der Waals surface area contributed by atoms with Crippen LogP contribution in [-0.2, 0) is 11.3 Å². The SMILES string of the molecule is COC(=O)c1cc(NCc2cnccc2C)ccn1. The van der Waals surface area contributed by atoms with Gasteiger partial charge in [-0.1, -0.05) is 0 Å². The molecule has 2 heterocycles. The van der Waals surface area contributed by atoms with Gasteiger partial charge in [-0.05, 0) is 36.2 Å². The minimum absolute atomic E-state index is 0.287. The van der Waals surface area contributed by atoms with Crippen molar-refractivity contribution < 1.29 is 9.53 Å². The van der Waals surface area contributed by atoms with E-state index in [-0.39, 0.29) is 5.69 Å². The molecule has 0 aliphatic carbocycles. The molecule has 0 aromatic carbocycles. The largest absolute Gasteiger partial charge is 0.464 e. The number of nitrogens with zero attached hydrogens (tertiary/aromatic N) is 2. The van der Waals surface area contributed by atoms with Gasteiger partial charge in [-0.3, -0.25) is 4.98 Å². The number of nitrogens with one attached hydrogen (secondary N) is 1. The summed E-state index contributed by atoms with van der Waals surface area (Å²) in [5, 5.41) is 3.23. The molecule has 0 saturated carbocycles. The Balaban J connectivity index is 2.08. The third-order valence-corrected chi connectivity index (χ3v) is 2.78. The lowest BCUT2D eigenvalue weighted by atomic mass is 10.1. The van der Waals surface area contributed by atoms with Crippen molar-refractivity contribution in [3.05, 3.63) is 53.6 Å². The number of aryl methyl sites for hydroxylation is 1. The minimum atomic E-state index is -0.443. The van der Waals surface area contributed by atoms with Gasteiger partial charge >= 0.3 is 5.97 Å². The first-order chi connectivity index (χ1) is 9.20. The molecule has 19 heavy (non-hydrogen) atoms. The van der Waals surface area contributed by atoms with Crippen molar-refractivity contribution in [2.45, 2.75) is 13.5 Å². The van der Waals surface area contributed by atoms with Crippen LogP contribution in [0, 0.1) is 6.92 Å². The second-order valence-electron chi connectivity index (χ2n) is 4.08. The summed E-state index contributed by atoms with van der Waals surface area (Å²) in [6, 6.07) is 5.43. The van der Waals surface area contributed by atoms with E-state index in [1.165, 1.54) is 12.7 Å². The maximum Gasteiger partial charge on any atom is 0.356 e. The first-order valence-electron chi connectivity index (χ1n) is 5.88. The normalized spacial score (nSPS) is 10.0. The highest BCUT2D eigenvalue weighted by atomic mass is 16.5. The van der Waals surface area contributed by atoms with Gasteiger partial charge in [0, 0.05) is 30.8 Å². The first-order valence-corrected chi connectivity index (χ1v) is 5.88. The number of hydrogen-bond donors (Lipinski definition) is 1. The van der Waals surface area contributed by atoms with Crippen LogP contribution in [0.15, 0.2) is 36.8 Å². The number of rotatable bonds is 4. The number of aromatic nitrogens is 2. The number of ether oxygens (including phenoxy) is 1. The fraction of sp³-hybridized carbons (Fsp3) is 0.214. The van der Waals surface area contributed by atoms with Gasteiger partial charge in [0.15, 0.2) is 0 Å². The van der Waals surface area contributed by atoms with Crippen molar-refractivity contribution >= 4 is 11.7 Å². The predicted molar refractivity (Wildman–Crippen MR) is 71.9 cm³/mol. The summed E-state index contributed by atoms with van der Waals surface area (Å²) < 4.78 is 4.63. The molecule has 0 bridgehead atoms. The molecule has 1 N–H and O–H groups in total. The second kappa shape index (κ2) is 5.95. The molecule has 2 aromatic heterocycles. The zero-order valence-corrected chi connectivity index (χ0v) is 10.9. The van der Waals surface area contributed by atoms with Crippen LogP contribution in [0.4, 0.5) is 5.69 Å². The Hall–Kier alpha value is -2.43. The van der Waals surface area contributed by atoms with Crippen LogP contribution in [0.5, 0.6) is 0 Å². The number of carbonyl (C=O) groups is 1. The maximum atomic E-state index is 11.4. The third-order valence-electron chi connectivity index (χ3n) is 2.78. The number of methoxy groups -OCH3 is 1. The summed E-state index contributed by atoms with van der Waals surface area (Å²) >= 11 is 0. The molecule has 0 aliphatic heterocycles. The van der Waals surface area contributed by atoms with E-state index in [1.54, 1.807) is 24.5 Å². The number of carbonyl (C=O) groups excluding carboxylic acids is 1. The van der Waals surface area contributed by atoms with E-state index in [0.717, 1.165) is 11.3 Å². The van der Waals surface area contributed by atoms with Crippen LogP contribution in [0.25, 0.3) is 0 Å². The van der Waals surface area contributed by atoms with Crippen molar-refractivity contribution in [1.29, 1.82) is 0 Å². The highest BCUT2D eigenvalue weighted by Gasteiger charge is 2.07. The lowest BCUT2D eigenvalue weighted by Gasteiger charge is -2.09. The van der Waals surface area contributed by atoms with Crippen molar-refractivity contribution in [2.24, 2.45) is 0 Å². The maximum absolute atomic E-state index is 11.4. The van der Waals surface area contributed by atoms with Gasteiger partial charge in [0.2, 0.25) is 0 Å². The van der Waals surface area contributed by atoms with Crippen molar-refractivity contribution in [2.75, 3.05) is 12.4 Å². The van der Waals surface area contributed by atoms with E-state index in [1.807, 2.05) is 19.2 Å². The van der Waals surface area contributed by atoms with E-state index < -0.39 is 5.97 Å². The molecular formula is C14H15N3O2. The van der Waals surface area contributed by atoms with Gasteiger partial charge in [-0.25, -0.2) is 9.78 Å². The van der Waals surface area contributed by atoms with Crippen LogP contribution >= 0.6 is 0 Å². The van der Waals surface area contributed by atoms with Crippen LogP contribution in [-0.4, -0.2) is 23.0 Å². The molecular weight excluding hydrogens is 242 g/mol. The van der Waals surface area contributed by atoms with Gasteiger partial charge in [0.1, 0.15) is 5.69 Å². The Morgan fingerprint density at radius 2 is 2.21 bits per heavy atom. The molecule has 0 radical (unpaired) electrons. The van der Waals surface area contributed by atoms with Crippen molar-refractivity contribution in [3.8, 4) is 0 Å². The fourth-order valence-electron chi connectivity index (χ4n) is 1.64. The molecule has 0 aliphatic rings. The predicted octanol–water partition coefficient (Wildman–Crippen LogP) is 2.18. The Bertz CT molecular complexity index is 584. The highest BCUT2D eigenvalue weighted by molar-refractivity contribution is 5.88. The van der Waals surface area contributed by atoms with E-state index in [9.17, 15) is 4.79 Å². The zero-order valence-electron chi connectivity index (χ0n) is 10.9. The molecule has 0 fully saturated rings. The molecule has 5 nitrogen and oxygen atoms in total. The topological polar surface area (TPSA) is 64.1 Å².